The van der Waals surface area contributed by atoms with Gasteiger partial charge in [-0.3, -0.25) is 4.79 Å². The van der Waals surface area contributed by atoms with Crippen LogP contribution in [0.5, 0.6) is 0 Å². The number of rotatable bonds is 7. The summed E-state index contributed by atoms with van der Waals surface area (Å²) in [6.07, 6.45) is 0.273. The third-order valence-corrected chi connectivity index (χ3v) is 4.36. The molecule has 130 valence electrons. The van der Waals surface area contributed by atoms with Crippen LogP contribution in [0, 0.1) is 6.92 Å². The van der Waals surface area contributed by atoms with Gasteiger partial charge in [-0.15, -0.1) is 10.2 Å². The molecule has 2 rings (SSSR count). The third-order valence-electron chi connectivity index (χ3n) is 4.36. The lowest BCUT2D eigenvalue weighted by atomic mass is 9.95. The summed E-state index contributed by atoms with van der Waals surface area (Å²) < 4.78 is 5.57. The van der Waals surface area contributed by atoms with E-state index in [4.69, 9.17) is 4.42 Å². The number of hydrogen-bond acceptors (Lipinski definition) is 5. The van der Waals surface area contributed by atoms with Crippen LogP contribution in [0.1, 0.15) is 43.5 Å². The van der Waals surface area contributed by atoms with Crippen LogP contribution in [-0.2, 0) is 4.79 Å². The second-order valence-electron chi connectivity index (χ2n) is 6.81. The van der Waals surface area contributed by atoms with Crippen molar-refractivity contribution in [3.8, 4) is 0 Å². The van der Waals surface area contributed by atoms with Crippen molar-refractivity contribution in [1.82, 2.24) is 20.4 Å². The largest absolute Gasteiger partial charge is 0.425 e. The topological polar surface area (TPSA) is 71.3 Å². The van der Waals surface area contributed by atoms with Crippen molar-refractivity contribution in [1.29, 1.82) is 0 Å². The second-order valence-corrected chi connectivity index (χ2v) is 6.81. The standard InChI is InChI=1S/C18H26N4O2/c1-13-20-21-17(24-13)15(14-9-7-6-8-10-14)11-16(23)19-12-18(2,3)22(4)5/h6-10,15H,11-12H2,1-5H3,(H,19,23). The summed E-state index contributed by atoms with van der Waals surface area (Å²) in [6.45, 7) is 6.49. The molecule has 0 bridgehead atoms. The molecule has 0 saturated heterocycles. The molecule has 1 unspecified atom stereocenters. The summed E-state index contributed by atoms with van der Waals surface area (Å²) in [6, 6.07) is 9.78. The molecule has 0 aliphatic heterocycles. The summed E-state index contributed by atoms with van der Waals surface area (Å²) >= 11 is 0. The number of aromatic nitrogens is 2. The van der Waals surface area contributed by atoms with Crippen LogP contribution in [-0.4, -0.2) is 47.2 Å². The molecule has 0 aliphatic carbocycles. The van der Waals surface area contributed by atoms with E-state index in [2.05, 4.69) is 34.3 Å². The van der Waals surface area contributed by atoms with E-state index in [-0.39, 0.29) is 23.8 Å². The average molecular weight is 330 g/mol. The Labute approximate surface area is 143 Å². The number of hydrogen-bond donors (Lipinski definition) is 1. The van der Waals surface area contributed by atoms with Crippen molar-refractivity contribution in [2.24, 2.45) is 0 Å². The van der Waals surface area contributed by atoms with E-state index in [0.29, 0.717) is 18.3 Å². The molecule has 6 nitrogen and oxygen atoms in total. The predicted octanol–water partition coefficient (Wildman–Crippen LogP) is 2.36. The van der Waals surface area contributed by atoms with Crippen molar-refractivity contribution >= 4 is 5.91 Å². The number of carbonyl (C=O) groups is 1. The van der Waals surface area contributed by atoms with Crippen LogP contribution >= 0.6 is 0 Å². The quantitative estimate of drug-likeness (QED) is 0.844. The Bertz CT molecular complexity index is 665. The van der Waals surface area contributed by atoms with Crippen molar-refractivity contribution < 1.29 is 9.21 Å². The molecular formula is C18H26N4O2. The minimum atomic E-state index is -0.241. The molecule has 0 fully saturated rings. The van der Waals surface area contributed by atoms with E-state index in [0.717, 1.165) is 5.56 Å². The fourth-order valence-corrected chi connectivity index (χ4v) is 2.22. The van der Waals surface area contributed by atoms with Crippen molar-refractivity contribution in [3.05, 3.63) is 47.7 Å². The Hall–Kier alpha value is -2.21. The first kappa shape index (κ1) is 18.1. The zero-order valence-electron chi connectivity index (χ0n) is 15.0. The van der Waals surface area contributed by atoms with Gasteiger partial charge in [0.15, 0.2) is 0 Å². The molecule has 0 saturated carbocycles. The lowest BCUT2D eigenvalue weighted by Gasteiger charge is -2.32. The van der Waals surface area contributed by atoms with Gasteiger partial charge in [-0.05, 0) is 33.5 Å². The zero-order valence-corrected chi connectivity index (χ0v) is 15.0. The van der Waals surface area contributed by atoms with Crippen LogP contribution in [0.3, 0.4) is 0 Å². The number of amides is 1. The predicted molar refractivity (Wildman–Crippen MR) is 92.7 cm³/mol. The highest BCUT2D eigenvalue weighted by Crippen LogP contribution is 2.27. The number of nitrogens with zero attached hydrogens (tertiary/aromatic N) is 3. The normalized spacial score (nSPS) is 13.1. The Kier molecular flexibility index (Phi) is 5.72. The molecule has 2 aromatic rings. The van der Waals surface area contributed by atoms with Crippen molar-refractivity contribution in [3.63, 3.8) is 0 Å². The van der Waals surface area contributed by atoms with E-state index in [1.54, 1.807) is 6.92 Å². The van der Waals surface area contributed by atoms with Crippen LogP contribution in [0.2, 0.25) is 0 Å². The number of likely N-dealkylation sites (N-methyl/N-ethyl adjacent to an activating group) is 1. The number of nitrogens with one attached hydrogen (secondary N) is 1. The van der Waals surface area contributed by atoms with Crippen molar-refractivity contribution in [2.45, 2.75) is 38.6 Å². The fourth-order valence-electron chi connectivity index (χ4n) is 2.22. The summed E-state index contributed by atoms with van der Waals surface area (Å²) in [5, 5.41) is 11.0. The van der Waals surface area contributed by atoms with Gasteiger partial charge in [-0.1, -0.05) is 30.3 Å². The number of benzene rings is 1. The summed E-state index contributed by atoms with van der Waals surface area (Å²) in [5.74, 6) is 0.699. The average Bonchev–Trinajstić information content (AvgIpc) is 2.97. The van der Waals surface area contributed by atoms with Gasteiger partial charge in [0.1, 0.15) is 0 Å². The van der Waals surface area contributed by atoms with E-state index >= 15 is 0 Å². The lowest BCUT2D eigenvalue weighted by Crippen LogP contribution is -2.48. The lowest BCUT2D eigenvalue weighted by molar-refractivity contribution is -0.121. The molecule has 24 heavy (non-hydrogen) atoms. The molecule has 0 aliphatic rings. The van der Waals surface area contributed by atoms with Crippen LogP contribution in [0.15, 0.2) is 34.7 Å². The molecule has 0 radical (unpaired) electrons. The third kappa shape index (κ3) is 4.64. The van der Waals surface area contributed by atoms with Gasteiger partial charge in [0.25, 0.3) is 0 Å². The molecular weight excluding hydrogens is 304 g/mol. The first-order valence-electron chi connectivity index (χ1n) is 8.08. The molecule has 1 atom stereocenters. The highest BCUT2D eigenvalue weighted by molar-refractivity contribution is 5.77. The molecule has 1 amide bonds. The van der Waals surface area contributed by atoms with Gasteiger partial charge in [0, 0.05) is 25.4 Å². The minimum absolute atomic E-state index is 0.0327. The highest BCUT2D eigenvalue weighted by Gasteiger charge is 2.25. The van der Waals surface area contributed by atoms with E-state index in [1.807, 2.05) is 44.4 Å². The highest BCUT2D eigenvalue weighted by atomic mass is 16.4. The smallest absolute Gasteiger partial charge is 0.224 e. The number of carbonyl (C=O) groups excluding carboxylic acids is 1. The molecule has 1 N–H and O–H groups in total. The minimum Gasteiger partial charge on any atom is -0.425 e. The van der Waals surface area contributed by atoms with Gasteiger partial charge in [-0.25, -0.2) is 0 Å². The Balaban J connectivity index is 2.10. The molecule has 6 heteroatoms. The Morgan fingerprint density at radius 2 is 1.92 bits per heavy atom. The molecule has 1 heterocycles. The van der Waals surface area contributed by atoms with Gasteiger partial charge < -0.3 is 14.6 Å². The Morgan fingerprint density at radius 1 is 1.25 bits per heavy atom. The van der Waals surface area contributed by atoms with Gasteiger partial charge >= 0.3 is 0 Å². The summed E-state index contributed by atoms with van der Waals surface area (Å²) in [7, 11) is 4.00. The first-order chi connectivity index (χ1) is 11.3. The fraction of sp³-hybridized carbons (Fsp3) is 0.500. The summed E-state index contributed by atoms with van der Waals surface area (Å²) in [4.78, 5) is 14.5. The van der Waals surface area contributed by atoms with Gasteiger partial charge in [0.2, 0.25) is 17.7 Å². The molecule has 1 aromatic carbocycles. The van der Waals surface area contributed by atoms with E-state index in [9.17, 15) is 4.79 Å². The zero-order chi connectivity index (χ0) is 17.7. The maximum atomic E-state index is 12.5. The maximum absolute atomic E-state index is 12.5. The second kappa shape index (κ2) is 7.57. The first-order valence-corrected chi connectivity index (χ1v) is 8.08. The van der Waals surface area contributed by atoms with Crippen LogP contribution in [0.25, 0.3) is 0 Å². The van der Waals surface area contributed by atoms with Gasteiger partial charge in [-0.2, -0.15) is 0 Å². The van der Waals surface area contributed by atoms with E-state index < -0.39 is 0 Å². The van der Waals surface area contributed by atoms with E-state index in [1.165, 1.54) is 0 Å². The summed E-state index contributed by atoms with van der Waals surface area (Å²) in [5.41, 5.74) is 0.877. The Morgan fingerprint density at radius 3 is 2.46 bits per heavy atom. The molecule has 1 aromatic heterocycles. The monoisotopic (exact) mass is 330 g/mol. The SMILES string of the molecule is Cc1nnc(C(CC(=O)NCC(C)(C)N(C)C)c2ccccc2)o1. The number of aryl methyl sites for hydroxylation is 1. The maximum Gasteiger partial charge on any atom is 0.224 e. The van der Waals surface area contributed by atoms with Crippen LogP contribution < -0.4 is 5.32 Å². The van der Waals surface area contributed by atoms with Gasteiger partial charge in [0.05, 0.1) is 5.92 Å². The van der Waals surface area contributed by atoms with Crippen LogP contribution in [0.4, 0.5) is 0 Å². The van der Waals surface area contributed by atoms with Crippen molar-refractivity contribution in [2.75, 3.05) is 20.6 Å². The molecule has 0 spiro atoms.